The van der Waals surface area contributed by atoms with Gasteiger partial charge in [0.15, 0.2) is 0 Å². The summed E-state index contributed by atoms with van der Waals surface area (Å²) in [4.78, 5) is 11.2. The molecule has 3 heteroatoms. The molecule has 0 saturated carbocycles. The lowest BCUT2D eigenvalue weighted by Crippen LogP contribution is -2.00. The summed E-state index contributed by atoms with van der Waals surface area (Å²) in [6.45, 7) is 2.03. The van der Waals surface area contributed by atoms with Crippen molar-refractivity contribution in [2.45, 2.75) is 32.6 Å². The highest BCUT2D eigenvalue weighted by molar-refractivity contribution is 5.78. The van der Waals surface area contributed by atoms with Gasteiger partial charge in [0.05, 0.1) is 5.69 Å². The SMILES string of the molecule is CCCC(=O)CCc1ccn(C)n1. The van der Waals surface area contributed by atoms with Gasteiger partial charge in [-0.1, -0.05) is 6.92 Å². The van der Waals surface area contributed by atoms with Crippen molar-refractivity contribution < 1.29 is 4.79 Å². The molecule has 3 nitrogen and oxygen atoms in total. The number of hydrogen-bond acceptors (Lipinski definition) is 2. The van der Waals surface area contributed by atoms with Gasteiger partial charge in [-0.25, -0.2) is 0 Å². The molecular formula is C10H16N2O. The molecule has 0 saturated heterocycles. The molecule has 13 heavy (non-hydrogen) atoms. The average molecular weight is 180 g/mol. The van der Waals surface area contributed by atoms with Gasteiger partial charge in [-0.3, -0.25) is 9.48 Å². The third-order valence-electron chi connectivity index (χ3n) is 1.96. The molecule has 0 fully saturated rings. The predicted molar refractivity (Wildman–Crippen MR) is 51.4 cm³/mol. The summed E-state index contributed by atoms with van der Waals surface area (Å²) in [5.74, 6) is 0.341. The summed E-state index contributed by atoms with van der Waals surface area (Å²) in [5.41, 5.74) is 1.01. The number of hydrogen-bond donors (Lipinski definition) is 0. The van der Waals surface area contributed by atoms with E-state index in [4.69, 9.17) is 0 Å². The van der Waals surface area contributed by atoms with Crippen LogP contribution in [0, 0.1) is 0 Å². The van der Waals surface area contributed by atoms with Crippen LogP contribution in [0.1, 0.15) is 31.9 Å². The lowest BCUT2D eigenvalue weighted by atomic mass is 10.1. The van der Waals surface area contributed by atoms with Crippen molar-refractivity contribution in [2.24, 2.45) is 7.05 Å². The number of nitrogens with zero attached hydrogens (tertiary/aromatic N) is 2. The van der Waals surface area contributed by atoms with E-state index >= 15 is 0 Å². The molecule has 1 aromatic heterocycles. The monoisotopic (exact) mass is 180 g/mol. The maximum Gasteiger partial charge on any atom is 0.133 e. The molecular weight excluding hydrogens is 164 g/mol. The summed E-state index contributed by atoms with van der Waals surface area (Å²) in [7, 11) is 1.89. The van der Waals surface area contributed by atoms with Gasteiger partial charge in [-0.15, -0.1) is 0 Å². The highest BCUT2D eigenvalue weighted by Gasteiger charge is 2.02. The molecule has 0 aliphatic carbocycles. The van der Waals surface area contributed by atoms with Crippen molar-refractivity contribution in [3.63, 3.8) is 0 Å². The van der Waals surface area contributed by atoms with Gasteiger partial charge in [0.2, 0.25) is 0 Å². The fourth-order valence-electron chi connectivity index (χ4n) is 1.27. The second-order valence-corrected chi connectivity index (χ2v) is 3.27. The van der Waals surface area contributed by atoms with Crippen LogP contribution in [0.2, 0.25) is 0 Å². The normalized spacial score (nSPS) is 10.3. The first-order valence-electron chi connectivity index (χ1n) is 4.72. The van der Waals surface area contributed by atoms with Crippen LogP contribution in [0.3, 0.4) is 0 Å². The Morgan fingerprint density at radius 2 is 2.31 bits per heavy atom. The zero-order valence-corrected chi connectivity index (χ0v) is 8.29. The highest BCUT2D eigenvalue weighted by atomic mass is 16.1. The minimum Gasteiger partial charge on any atom is -0.300 e. The molecule has 0 N–H and O–H groups in total. The molecule has 0 amide bonds. The van der Waals surface area contributed by atoms with Crippen LogP contribution in [0.25, 0.3) is 0 Å². The van der Waals surface area contributed by atoms with Gasteiger partial charge in [0.1, 0.15) is 5.78 Å². The Morgan fingerprint density at radius 3 is 2.85 bits per heavy atom. The smallest absolute Gasteiger partial charge is 0.133 e. The first kappa shape index (κ1) is 9.96. The van der Waals surface area contributed by atoms with Crippen LogP contribution in [-0.4, -0.2) is 15.6 Å². The van der Waals surface area contributed by atoms with E-state index in [1.54, 1.807) is 4.68 Å². The molecule has 1 rings (SSSR count). The highest BCUT2D eigenvalue weighted by Crippen LogP contribution is 2.02. The zero-order valence-electron chi connectivity index (χ0n) is 8.29. The molecule has 0 unspecified atom stereocenters. The maximum atomic E-state index is 11.2. The lowest BCUT2D eigenvalue weighted by Gasteiger charge is -1.95. The van der Waals surface area contributed by atoms with Gasteiger partial charge in [0, 0.05) is 26.1 Å². The Kier molecular flexibility index (Phi) is 3.68. The molecule has 0 radical (unpaired) electrons. The first-order chi connectivity index (χ1) is 6.22. The fraction of sp³-hybridized carbons (Fsp3) is 0.600. The van der Waals surface area contributed by atoms with Crippen molar-refractivity contribution in [1.82, 2.24) is 9.78 Å². The number of ketones is 1. The van der Waals surface area contributed by atoms with E-state index in [2.05, 4.69) is 5.10 Å². The van der Waals surface area contributed by atoms with Crippen LogP contribution in [0.4, 0.5) is 0 Å². The molecule has 0 atom stereocenters. The first-order valence-corrected chi connectivity index (χ1v) is 4.72. The Bertz CT molecular complexity index is 278. The van der Waals surface area contributed by atoms with Crippen LogP contribution in [0.5, 0.6) is 0 Å². The van der Waals surface area contributed by atoms with Crippen molar-refractivity contribution >= 4 is 5.78 Å². The van der Waals surface area contributed by atoms with E-state index in [0.29, 0.717) is 18.6 Å². The third kappa shape index (κ3) is 3.40. The van der Waals surface area contributed by atoms with E-state index < -0.39 is 0 Å². The van der Waals surface area contributed by atoms with Crippen LogP contribution in [-0.2, 0) is 18.3 Å². The average Bonchev–Trinajstić information content (AvgIpc) is 2.49. The largest absolute Gasteiger partial charge is 0.300 e. The van der Waals surface area contributed by atoms with E-state index in [1.165, 1.54) is 0 Å². The Labute approximate surface area is 78.8 Å². The van der Waals surface area contributed by atoms with E-state index in [9.17, 15) is 4.79 Å². The summed E-state index contributed by atoms with van der Waals surface area (Å²) >= 11 is 0. The molecule has 72 valence electrons. The maximum absolute atomic E-state index is 11.2. The van der Waals surface area contributed by atoms with Crippen molar-refractivity contribution in [2.75, 3.05) is 0 Å². The number of rotatable bonds is 5. The predicted octanol–water partition coefficient (Wildman–Crippen LogP) is 1.72. The van der Waals surface area contributed by atoms with Crippen molar-refractivity contribution in [3.8, 4) is 0 Å². The minimum atomic E-state index is 0.341. The van der Waals surface area contributed by atoms with Gasteiger partial charge in [-0.2, -0.15) is 5.10 Å². The molecule has 1 heterocycles. The third-order valence-corrected chi connectivity index (χ3v) is 1.96. The zero-order chi connectivity index (χ0) is 9.68. The summed E-state index contributed by atoms with van der Waals surface area (Å²) in [6.07, 6.45) is 4.96. The second kappa shape index (κ2) is 4.80. The van der Waals surface area contributed by atoms with Crippen LogP contribution in [0.15, 0.2) is 12.3 Å². The van der Waals surface area contributed by atoms with E-state index in [1.807, 2.05) is 26.2 Å². The number of carbonyl (C=O) groups excluding carboxylic acids is 1. The van der Waals surface area contributed by atoms with Gasteiger partial charge < -0.3 is 0 Å². The molecule has 0 aliphatic rings. The number of aryl methyl sites for hydroxylation is 2. The topological polar surface area (TPSA) is 34.9 Å². The van der Waals surface area contributed by atoms with Gasteiger partial charge in [-0.05, 0) is 18.9 Å². The van der Waals surface area contributed by atoms with Gasteiger partial charge in [0.25, 0.3) is 0 Å². The van der Waals surface area contributed by atoms with E-state index in [0.717, 1.165) is 18.5 Å². The van der Waals surface area contributed by atoms with Crippen molar-refractivity contribution in [3.05, 3.63) is 18.0 Å². The molecule has 0 aromatic carbocycles. The fourth-order valence-corrected chi connectivity index (χ4v) is 1.27. The summed E-state index contributed by atoms with van der Waals surface area (Å²) < 4.78 is 1.76. The van der Waals surface area contributed by atoms with Gasteiger partial charge >= 0.3 is 0 Å². The minimum absolute atomic E-state index is 0.341. The Morgan fingerprint density at radius 1 is 1.54 bits per heavy atom. The molecule has 0 aliphatic heterocycles. The summed E-state index contributed by atoms with van der Waals surface area (Å²) in [6, 6.07) is 1.96. The standard InChI is InChI=1S/C10H16N2O/c1-3-4-10(13)6-5-9-7-8-12(2)11-9/h7-8H,3-6H2,1-2H3. The summed E-state index contributed by atoms with van der Waals surface area (Å²) in [5, 5.41) is 4.21. The Hall–Kier alpha value is -1.12. The number of Topliss-reactive ketones (excluding diaryl/α,β-unsaturated/α-hetero) is 1. The second-order valence-electron chi connectivity index (χ2n) is 3.27. The van der Waals surface area contributed by atoms with E-state index in [-0.39, 0.29) is 0 Å². The van der Waals surface area contributed by atoms with Crippen molar-refractivity contribution in [1.29, 1.82) is 0 Å². The number of aromatic nitrogens is 2. The van der Waals surface area contributed by atoms with Crippen LogP contribution >= 0.6 is 0 Å². The lowest BCUT2D eigenvalue weighted by molar-refractivity contribution is -0.119. The molecule has 0 spiro atoms. The van der Waals surface area contributed by atoms with Crippen LogP contribution < -0.4 is 0 Å². The molecule has 0 bridgehead atoms. The molecule has 1 aromatic rings. The Balaban J connectivity index is 2.30. The quantitative estimate of drug-likeness (QED) is 0.691. The number of carbonyl (C=O) groups is 1.